The molecule has 0 amide bonds. The van der Waals surface area contributed by atoms with Crippen LogP contribution >= 0.6 is 0 Å². The zero-order valence-electron chi connectivity index (χ0n) is 11.4. The van der Waals surface area contributed by atoms with Gasteiger partial charge in [-0.2, -0.15) is 5.10 Å². The maximum absolute atomic E-state index is 10.6. The number of aromatic nitrogens is 2. The van der Waals surface area contributed by atoms with Crippen molar-refractivity contribution in [2.75, 3.05) is 6.61 Å². The van der Waals surface area contributed by atoms with Gasteiger partial charge in [0.1, 0.15) is 6.10 Å². The van der Waals surface area contributed by atoms with E-state index in [4.69, 9.17) is 4.74 Å². The predicted molar refractivity (Wildman–Crippen MR) is 74.4 cm³/mol. The fraction of sp³-hybridized carbons (Fsp3) is 0.400. The first-order chi connectivity index (χ1) is 10.2. The lowest BCUT2D eigenvalue weighted by atomic mass is 9.78. The standard InChI is InChI=1S/C15H18N2O4/c18-9-11-8-12(19)14(20)15(21-11,13-6-7-16-17-13)10-4-2-1-3-5-10/h1-7,11-12,14,18-20H,8-9H2,(H,16,17). The molecule has 2 heterocycles. The number of nitrogens with zero attached hydrogens (tertiary/aromatic N) is 1. The summed E-state index contributed by atoms with van der Waals surface area (Å²) in [5, 5.41) is 37.0. The Morgan fingerprint density at radius 3 is 2.62 bits per heavy atom. The second kappa shape index (κ2) is 5.57. The molecule has 0 aliphatic carbocycles. The van der Waals surface area contributed by atoms with E-state index in [1.165, 1.54) is 0 Å². The minimum atomic E-state index is -1.27. The van der Waals surface area contributed by atoms with E-state index >= 15 is 0 Å². The van der Waals surface area contributed by atoms with Gasteiger partial charge >= 0.3 is 0 Å². The van der Waals surface area contributed by atoms with Crippen LogP contribution in [0.25, 0.3) is 0 Å². The number of rotatable bonds is 3. The van der Waals surface area contributed by atoms with Crippen LogP contribution in [0.1, 0.15) is 17.7 Å². The molecule has 1 aromatic heterocycles. The van der Waals surface area contributed by atoms with Crippen molar-refractivity contribution >= 4 is 0 Å². The van der Waals surface area contributed by atoms with Crippen molar-refractivity contribution in [3.63, 3.8) is 0 Å². The van der Waals surface area contributed by atoms with Crippen LogP contribution in [-0.4, -0.2) is 50.4 Å². The molecule has 1 saturated heterocycles. The number of aliphatic hydroxyl groups is 3. The lowest BCUT2D eigenvalue weighted by molar-refractivity contribution is -0.223. The molecule has 1 aliphatic heterocycles. The molecule has 0 bridgehead atoms. The first-order valence-electron chi connectivity index (χ1n) is 6.88. The molecule has 1 aliphatic rings. The molecule has 2 aromatic rings. The zero-order valence-corrected chi connectivity index (χ0v) is 11.4. The van der Waals surface area contributed by atoms with E-state index in [-0.39, 0.29) is 13.0 Å². The van der Waals surface area contributed by atoms with Gasteiger partial charge < -0.3 is 20.1 Å². The fourth-order valence-electron chi connectivity index (χ4n) is 2.93. The van der Waals surface area contributed by atoms with Gasteiger partial charge in [0, 0.05) is 12.6 Å². The third-order valence-corrected chi connectivity index (χ3v) is 3.95. The summed E-state index contributed by atoms with van der Waals surface area (Å²) in [5.74, 6) is 0. The van der Waals surface area contributed by atoms with Crippen LogP contribution in [0.3, 0.4) is 0 Å². The summed E-state index contributed by atoms with van der Waals surface area (Å²) in [7, 11) is 0. The summed E-state index contributed by atoms with van der Waals surface area (Å²) in [5.41, 5.74) is -0.0413. The van der Waals surface area contributed by atoms with E-state index in [1.54, 1.807) is 12.3 Å². The Morgan fingerprint density at radius 1 is 1.24 bits per heavy atom. The molecule has 21 heavy (non-hydrogen) atoms. The molecule has 3 rings (SSSR count). The number of benzene rings is 1. The summed E-state index contributed by atoms with van der Waals surface area (Å²) < 4.78 is 6.01. The molecule has 112 valence electrons. The molecular formula is C15H18N2O4. The van der Waals surface area contributed by atoms with Gasteiger partial charge in [0.25, 0.3) is 0 Å². The summed E-state index contributed by atoms with van der Waals surface area (Å²) in [6.07, 6.45) is -0.986. The first kappa shape index (κ1) is 14.2. The van der Waals surface area contributed by atoms with Gasteiger partial charge in [0.05, 0.1) is 24.5 Å². The Balaban J connectivity index is 2.16. The van der Waals surface area contributed by atoms with Crippen molar-refractivity contribution in [2.24, 2.45) is 0 Å². The molecule has 4 N–H and O–H groups in total. The van der Waals surface area contributed by atoms with Gasteiger partial charge in [0.2, 0.25) is 0 Å². The van der Waals surface area contributed by atoms with E-state index in [0.717, 1.165) is 0 Å². The highest BCUT2D eigenvalue weighted by atomic mass is 16.5. The Bertz CT molecular complexity index is 575. The highest BCUT2D eigenvalue weighted by molar-refractivity contribution is 5.35. The molecule has 0 radical (unpaired) electrons. The third-order valence-electron chi connectivity index (χ3n) is 3.95. The molecule has 0 spiro atoms. The minimum Gasteiger partial charge on any atom is -0.394 e. The highest BCUT2D eigenvalue weighted by Crippen LogP contribution is 2.42. The zero-order chi connectivity index (χ0) is 14.9. The predicted octanol–water partition coefficient (Wildman–Crippen LogP) is 0.156. The minimum absolute atomic E-state index is 0.181. The van der Waals surface area contributed by atoms with Crippen LogP contribution in [-0.2, 0) is 10.3 Å². The fourth-order valence-corrected chi connectivity index (χ4v) is 2.93. The van der Waals surface area contributed by atoms with Gasteiger partial charge in [-0.05, 0) is 11.6 Å². The van der Waals surface area contributed by atoms with E-state index < -0.39 is 23.9 Å². The Hall–Kier alpha value is -1.73. The second-order valence-electron chi connectivity index (χ2n) is 5.24. The topological polar surface area (TPSA) is 98.6 Å². The van der Waals surface area contributed by atoms with Gasteiger partial charge in [-0.25, -0.2) is 0 Å². The van der Waals surface area contributed by atoms with Crippen LogP contribution in [0, 0.1) is 0 Å². The molecule has 4 unspecified atom stereocenters. The summed E-state index contributed by atoms with van der Waals surface area (Å²) in [6.45, 7) is -0.230. The van der Waals surface area contributed by atoms with Gasteiger partial charge in [-0.3, -0.25) is 5.10 Å². The number of hydrogen-bond donors (Lipinski definition) is 4. The van der Waals surface area contributed by atoms with Crippen molar-refractivity contribution in [1.29, 1.82) is 0 Å². The van der Waals surface area contributed by atoms with Crippen molar-refractivity contribution in [1.82, 2.24) is 10.2 Å². The van der Waals surface area contributed by atoms with Gasteiger partial charge in [0.15, 0.2) is 5.60 Å². The third kappa shape index (κ3) is 2.26. The van der Waals surface area contributed by atoms with E-state index in [1.807, 2.05) is 30.3 Å². The molecule has 6 heteroatoms. The van der Waals surface area contributed by atoms with E-state index in [9.17, 15) is 15.3 Å². The summed E-state index contributed by atoms with van der Waals surface area (Å²) in [4.78, 5) is 0. The molecule has 4 atom stereocenters. The number of aliphatic hydroxyl groups excluding tert-OH is 3. The molecule has 6 nitrogen and oxygen atoms in total. The SMILES string of the molecule is OCC1CC(O)C(O)C(c2ccccc2)(c2ccn[nH]2)O1. The first-order valence-corrected chi connectivity index (χ1v) is 6.88. The van der Waals surface area contributed by atoms with Crippen molar-refractivity contribution in [3.05, 3.63) is 53.9 Å². The average Bonchev–Trinajstić information content (AvgIpc) is 3.05. The number of aromatic amines is 1. The Labute approximate surface area is 122 Å². The van der Waals surface area contributed by atoms with E-state index in [2.05, 4.69) is 10.2 Å². The van der Waals surface area contributed by atoms with Crippen LogP contribution in [0.4, 0.5) is 0 Å². The average molecular weight is 290 g/mol. The summed E-state index contributed by atoms with van der Waals surface area (Å²) >= 11 is 0. The second-order valence-corrected chi connectivity index (χ2v) is 5.24. The summed E-state index contributed by atoms with van der Waals surface area (Å²) in [6, 6.07) is 10.9. The smallest absolute Gasteiger partial charge is 0.163 e. The molecule has 1 fully saturated rings. The Kier molecular flexibility index (Phi) is 3.77. The quantitative estimate of drug-likeness (QED) is 0.645. The lowest BCUT2D eigenvalue weighted by Gasteiger charge is -2.46. The molecule has 0 saturated carbocycles. The van der Waals surface area contributed by atoms with Crippen LogP contribution < -0.4 is 0 Å². The maximum Gasteiger partial charge on any atom is 0.163 e. The van der Waals surface area contributed by atoms with Crippen LogP contribution in [0.15, 0.2) is 42.6 Å². The van der Waals surface area contributed by atoms with Gasteiger partial charge in [-0.1, -0.05) is 30.3 Å². The number of nitrogens with one attached hydrogen (secondary N) is 1. The number of ether oxygens (including phenoxy) is 1. The Morgan fingerprint density at radius 2 is 2.00 bits per heavy atom. The van der Waals surface area contributed by atoms with E-state index in [0.29, 0.717) is 11.3 Å². The highest BCUT2D eigenvalue weighted by Gasteiger charge is 2.52. The van der Waals surface area contributed by atoms with Crippen LogP contribution in [0.5, 0.6) is 0 Å². The normalized spacial score (nSPS) is 33.0. The molecular weight excluding hydrogens is 272 g/mol. The lowest BCUT2D eigenvalue weighted by Crippen LogP contribution is -2.57. The number of hydrogen-bond acceptors (Lipinski definition) is 5. The van der Waals surface area contributed by atoms with Gasteiger partial charge in [-0.15, -0.1) is 0 Å². The number of H-pyrrole nitrogens is 1. The largest absolute Gasteiger partial charge is 0.394 e. The van der Waals surface area contributed by atoms with Crippen molar-refractivity contribution in [2.45, 2.75) is 30.3 Å². The van der Waals surface area contributed by atoms with Crippen molar-refractivity contribution in [3.8, 4) is 0 Å². The van der Waals surface area contributed by atoms with Crippen molar-refractivity contribution < 1.29 is 20.1 Å². The molecule has 1 aromatic carbocycles. The maximum atomic E-state index is 10.6. The van der Waals surface area contributed by atoms with Crippen LogP contribution in [0.2, 0.25) is 0 Å². The monoisotopic (exact) mass is 290 g/mol.